The van der Waals surface area contributed by atoms with Gasteiger partial charge in [0, 0.05) is 31.4 Å². The zero-order valence-corrected chi connectivity index (χ0v) is 15.4. The molecule has 0 aliphatic rings. The molecule has 128 valence electrons. The summed E-state index contributed by atoms with van der Waals surface area (Å²) in [6.45, 7) is 6.19. The van der Waals surface area contributed by atoms with Crippen molar-refractivity contribution in [2.24, 2.45) is 5.10 Å². The van der Waals surface area contributed by atoms with Crippen molar-refractivity contribution in [3.05, 3.63) is 53.1 Å². The van der Waals surface area contributed by atoms with Crippen molar-refractivity contribution in [3.63, 3.8) is 0 Å². The van der Waals surface area contributed by atoms with Gasteiger partial charge in [-0.25, -0.2) is 0 Å². The van der Waals surface area contributed by atoms with E-state index in [1.165, 1.54) is 0 Å². The average molecular weight is 346 g/mol. The molecule has 0 atom stereocenters. The van der Waals surface area contributed by atoms with Crippen LogP contribution in [0.15, 0.2) is 47.6 Å². The first-order valence-corrected chi connectivity index (χ1v) is 8.43. The Morgan fingerprint density at radius 1 is 1.04 bits per heavy atom. The summed E-state index contributed by atoms with van der Waals surface area (Å²) in [6, 6.07) is 13.8. The first-order valence-electron chi connectivity index (χ1n) is 8.05. The van der Waals surface area contributed by atoms with E-state index < -0.39 is 0 Å². The van der Waals surface area contributed by atoms with Crippen LogP contribution in [0, 0.1) is 0 Å². The summed E-state index contributed by atoms with van der Waals surface area (Å²) in [5.74, 6) is 0.825. The van der Waals surface area contributed by atoms with Gasteiger partial charge in [0.05, 0.1) is 24.0 Å². The molecule has 2 rings (SSSR count). The Labute approximate surface area is 149 Å². The third-order valence-corrected chi connectivity index (χ3v) is 4.26. The number of halogens is 1. The largest absolute Gasteiger partial charge is 0.497 e. The number of rotatable bonds is 7. The molecule has 2 aromatic rings. The van der Waals surface area contributed by atoms with E-state index in [2.05, 4.69) is 29.9 Å². The first kappa shape index (κ1) is 18.1. The van der Waals surface area contributed by atoms with Crippen molar-refractivity contribution in [3.8, 4) is 5.75 Å². The van der Waals surface area contributed by atoms with Gasteiger partial charge in [-0.15, -0.1) is 0 Å². The van der Waals surface area contributed by atoms with E-state index in [0.717, 1.165) is 35.8 Å². The topological polar surface area (TPSA) is 28.1 Å². The SMILES string of the molecule is CCN(CC)c1ccc(C=NN(C)c2ccc(OC)cc2)c(Cl)c1. The molecule has 0 saturated heterocycles. The quantitative estimate of drug-likeness (QED) is 0.539. The van der Waals surface area contributed by atoms with Crippen LogP contribution in [-0.2, 0) is 0 Å². The monoisotopic (exact) mass is 345 g/mol. The maximum atomic E-state index is 6.40. The summed E-state index contributed by atoms with van der Waals surface area (Å²) in [6.07, 6.45) is 1.78. The second kappa shape index (κ2) is 8.60. The van der Waals surface area contributed by atoms with Gasteiger partial charge < -0.3 is 9.64 Å². The Bertz CT molecular complexity index is 682. The van der Waals surface area contributed by atoms with Gasteiger partial charge in [0.15, 0.2) is 0 Å². The van der Waals surface area contributed by atoms with Gasteiger partial charge in [0.1, 0.15) is 5.75 Å². The second-order valence-corrected chi connectivity index (χ2v) is 5.75. The number of benzene rings is 2. The normalized spacial score (nSPS) is 10.9. The highest BCUT2D eigenvalue weighted by molar-refractivity contribution is 6.33. The molecule has 2 aromatic carbocycles. The number of hydrogen-bond acceptors (Lipinski definition) is 4. The van der Waals surface area contributed by atoms with Crippen molar-refractivity contribution >= 4 is 29.2 Å². The van der Waals surface area contributed by atoms with Crippen molar-refractivity contribution in [2.45, 2.75) is 13.8 Å². The van der Waals surface area contributed by atoms with E-state index in [4.69, 9.17) is 16.3 Å². The molecule has 0 bridgehead atoms. The lowest BCUT2D eigenvalue weighted by molar-refractivity contribution is 0.415. The lowest BCUT2D eigenvalue weighted by Gasteiger charge is -2.21. The molecular weight excluding hydrogens is 322 g/mol. The molecule has 0 fully saturated rings. The van der Waals surface area contributed by atoms with Crippen LogP contribution in [-0.4, -0.2) is 33.5 Å². The molecule has 0 amide bonds. The van der Waals surface area contributed by atoms with Crippen molar-refractivity contribution in [2.75, 3.05) is 37.2 Å². The standard InChI is InChI=1S/C19H24ClN3O/c1-5-23(6-2)17-8-7-15(19(20)13-17)14-21-22(3)16-9-11-18(24-4)12-10-16/h7-14H,5-6H2,1-4H3. The minimum atomic E-state index is 0.700. The van der Waals surface area contributed by atoms with E-state index in [-0.39, 0.29) is 0 Å². The zero-order chi connectivity index (χ0) is 17.5. The molecule has 5 heteroatoms. The predicted molar refractivity (Wildman–Crippen MR) is 104 cm³/mol. The van der Waals surface area contributed by atoms with E-state index in [1.807, 2.05) is 43.4 Å². The number of methoxy groups -OCH3 is 1. The highest BCUT2D eigenvalue weighted by Crippen LogP contribution is 2.23. The molecule has 0 heterocycles. The van der Waals surface area contributed by atoms with Crippen LogP contribution in [0.25, 0.3) is 0 Å². The van der Waals surface area contributed by atoms with Gasteiger partial charge in [-0.2, -0.15) is 5.10 Å². The van der Waals surface area contributed by atoms with Crippen LogP contribution in [0.5, 0.6) is 5.75 Å². The zero-order valence-electron chi connectivity index (χ0n) is 14.7. The van der Waals surface area contributed by atoms with E-state index in [9.17, 15) is 0 Å². The lowest BCUT2D eigenvalue weighted by Crippen LogP contribution is -2.21. The van der Waals surface area contributed by atoms with Crippen LogP contribution in [0.1, 0.15) is 19.4 Å². The number of ether oxygens (including phenoxy) is 1. The molecule has 0 N–H and O–H groups in total. The molecule has 0 saturated carbocycles. The summed E-state index contributed by atoms with van der Waals surface area (Å²) >= 11 is 6.40. The van der Waals surface area contributed by atoms with Crippen molar-refractivity contribution in [1.29, 1.82) is 0 Å². The minimum Gasteiger partial charge on any atom is -0.497 e. The molecule has 0 spiro atoms. The Morgan fingerprint density at radius 2 is 1.67 bits per heavy atom. The number of hydrogen-bond donors (Lipinski definition) is 0. The van der Waals surface area contributed by atoms with Gasteiger partial charge >= 0.3 is 0 Å². The third-order valence-electron chi connectivity index (χ3n) is 3.93. The Balaban J connectivity index is 2.12. The van der Waals surface area contributed by atoms with Crippen LogP contribution < -0.4 is 14.6 Å². The van der Waals surface area contributed by atoms with Crippen LogP contribution >= 0.6 is 11.6 Å². The number of nitrogens with zero attached hydrogens (tertiary/aromatic N) is 3. The molecule has 0 radical (unpaired) electrons. The lowest BCUT2D eigenvalue weighted by atomic mass is 10.2. The molecule has 0 aliphatic carbocycles. The summed E-state index contributed by atoms with van der Waals surface area (Å²) in [5.41, 5.74) is 3.00. The van der Waals surface area contributed by atoms with Gasteiger partial charge in [0.25, 0.3) is 0 Å². The Morgan fingerprint density at radius 3 is 2.21 bits per heavy atom. The van der Waals surface area contributed by atoms with Crippen LogP contribution in [0.4, 0.5) is 11.4 Å². The summed E-state index contributed by atoms with van der Waals surface area (Å²) in [4.78, 5) is 2.26. The molecule has 24 heavy (non-hydrogen) atoms. The average Bonchev–Trinajstić information content (AvgIpc) is 2.62. The fourth-order valence-electron chi connectivity index (χ4n) is 2.42. The molecule has 0 aromatic heterocycles. The second-order valence-electron chi connectivity index (χ2n) is 5.34. The fourth-order valence-corrected chi connectivity index (χ4v) is 2.64. The summed E-state index contributed by atoms with van der Waals surface area (Å²) < 4.78 is 5.16. The maximum Gasteiger partial charge on any atom is 0.119 e. The highest BCUT2D eigenvalue weighted by atomic mass is 35.5. The molecular formula is C19H24ClN3O. The summed E-state index contributed by atoms with van der Waals surface area (Å²) in [7, 11) is 3.55. The number of anilines is 2. The molecule has 4 nitrogen and oxygen atoms in total. The van der Waals surface area contributed by atoms with Gasteiger partial charge in [0.2, 0.25) is 0 Å². The number of hydrazone groups is 1. The van der Waals surface area contributed by atoms with Crippen LogP contribution in [0.3, 0.4) is 0 Å². The predicted octanol–water partition coefficient (Wildman–Crippen LogP) is 4.67. The maximum absolute atomic E-state index is 6.40. The Hall–Kier alpha value is -2.20. The fraction of sp³-hybridized carbons (Fsp3) is 0.316. The van der Waals surface area contributed by atoms with Gasteiger partial charge in [-0.1, -0.05) is 11.6 Å². The summed E-state index contributed by atoms with van der Waals surface area (Å²) in [5, 5.41) is 6.97. The van der Waals surface area contributed by atoms with Gasteiger partial charge in [-0.05, 0) is 56.3 Å². The third kappa shape index (κ3) is 4.42. The molecule has 0 aliphatic heterocycles. The minimum absolute atomic E-state index is 0.700. The van der Waals surface area contributed by atoms with E-state index in [0.29, 0.717) is 5.02 Å². The Kier molecular flexibility index (Phi) is 6.50. The highest BCUT2D eigenvalue weighted by Gasteiger charge is 2.05. The van der Waals surface area contributed by atoms with E-state index >= 15 is 0 Å². The smallest absolute Gasteiger partial charge is 0.119 e. The van der Waals surface area contributed by atoms with Crippen molar-refractivity contribution in [1.82, 2.24) is 0 Å². The van der Waals surface area contributed by atoms with Crippen molar-refractivity contribution < 1.29 is 4.74 Å². The van der Waals surface area contributed by atoms with Crippen LogP contribution in [0.2, 0.25) is 5.02 Å². The molecule has 0 unspecified atom stereocenters. The van der Waals surface area contributed by atoms with E-state index in [1.54, 1.807) is 18.3 Å². The van der Waals surface area contributed by atoms with Gasteiger partial charge in [-0.3, -0.25) is 5.01 Å². The first-order chi connectivity index (χ1) is 11.6.